The average molecular weight is 319 g/mol. The van der Waals surface area contributed by atoms with Gasteiger partial charge in [0, 0.05) is 10.9 Å². The lowest BCUT2D eigenvalue weighted by Crippen LogP contribution is -2.43. The third-order valence-corrected chi connectivity index (χ3v) is 3.79. The summed E-state index contributed by atoms with van der Waals surface area (Å²) in [6.45, 7) is 3.78. The predicted molar refractivity (Wildman–Crippen MR) is 78.6 cm³/mol. The number of rotatable bonds is 5. The Balaban J connectivity index is 2.39. The fraction of sp³-hybridized carbons (Fsp3) is 0.385. The average Bonchev–Trinajstić information content (AvgIpc) is 2.39. The largest absolute Gasteiger partial charge is 0.335 e. The van der Waals surface area contributed by atoms with Crippen LogP contribution in [0.5, 0.6) is 0 Å². The summed E-state index contributed by atoms with van der Waals surface area (Å²) in [6.07, 6.45) is 0.782. The van der Waals surface area contributed by atoms with Crippen molar-refractivity contribution >= 4 is 35.3 Å². The molecule has 1 aromatic rings. The van der Waals surface area contributed by atoms with Crippen molar-refractivity contribution in [3.8, 4) is 0 Å². The van der Waals surface area contributed by atoms with Crippen molar-refractivity contribution in [2.45, 2.75) is 31.2 Å². The van der Waals surface area contributed by atoms with Crippen molar-refractivity contribution in [1.29, 1.82) is 0 Å². The number of benzene rings is 1. The van der Waals surface area contributed by atoms with E-state index in [4.69, 9.17) is 11.6 Å². The molecule has 1 rings (SSSR count). The lowest BCUT2D eigenvalue weighted by Gasteiger charge is -2.11. The van der Waals surface area contributed by atoms with E-state index in [0.29, 0.717) is 4.90 Å². The van der Waals surface area contributed by atoms with E-state index in [9.17, 15) is 14.0 Å². The van der Waals surface area contributed by atoms with Gasteiger partial charge in [-0.3, -0.25) is 10.1 Å². The topological polar surface area (TPSA) is 58.2 Å². The molecule has 3 amide bonds. The van der Waals surface area contributed by atoms with Crippen molar-refractivity contribution in [2.75, 3.05) is 5.75 Å². The summed E-state index contributed by atoms with van der Waals surface area (Å²) in [5.74, 6) is -0.875. The van der Waals surface area contributed by atoms with Crippen LogP contribution in [0.25, 0.3) is 0 Å². The Kier molecular flexibility index (Phi) is 6.81. The molecule has 0 radical (unpaired) electrons. The van der Waals surface area contributed by atoms with Gasteiger partial charge in [-0.25, -0.2) is 9.18 Å². The fourth-order valence-corrected chi connectivity index (χ4v) is 2.22. The number of urea groups is 1. The maximum Gasteiger partial charge on any atom is 0.321 e. The van der Waals surface area contributed by atoms with Crippen molar-refractivity contribution in [3.63, 3.8) is 0 Å². The Bertz CT molecular complexity index is 499. The molecule has 1 atom stereocenters. The Labute approximate surface area is 126 Å². The highest BCUT2D eigenvalue weighted by molar-refractivity contribution is 8.00. The summed E-state index contributed by atoms with van der Waals surface area (Å²) in [6, 6.07) is 3.69. The number of halogens is 2. The van der Waals surface area contributed by atoms with Gasteiger partial charge >= 0.3 is 6.03 Å². The van der Waals surface area contributed by atoms with Crippen LogP contribution >= 0.6 is 23.4 Å². The number of imide groups is 1. The molecule has 2 N–H and O–H groups in total. The van der Waals surface area contributed by atoms with Gasteiger partial charge in [0.25, 0.3) is 0 Å². The van der Waals surface area contributed by atoms with Crippen LogP contribution in [0.1, 0.15) is 20.3 Å². The molecule has 0 fully saturated rings. The summed E-state index contributed by atoms with van der Waals surface area (Å²) in [5, 5.41) is 4.85. The third kappa shape index (κ3) is 5.79. The van der Waals surface area contributed by atoms with E-state index in [1.54, 1.807) is 0 Å². The van der Waals surface area contributed by atoms with E-state index >= 15 is 0 Å². The molecule has 0 heterocycles. The van der Waals surface area contributed by atoms with E-state index in [0.717, 1.165) is 6.42 Å². The zero-order chi connectivity index (χ0) is 15.1. The fourth-order valence-electron chi connectivity index (χ4n) is 1.24. The van der Waals surface area contributed by atoms with Crippen LogP contribution in [0.3, 0.4) is 0 Å². The molecule has 1 aromatic carbocycles. The van der Waals surface area contributed by atoms with Gasteiger partial charge in [0.1, 0.15) is 5.82 Å². The molecule has 0 saturated heterocycles. The predicted octanol–water partition coefficient (Wildman–Crippen LogP) is 3.20. The molecule has 0 aliphatic rings. The highest BCUT2D eigenvalue weighted by Crippen LogP contribution is 2.23. The molecule has 0 aromatic heterocycles. The van der Waals surface area contributed by atoms with Crippen LogP contribution < -0.4 is 10.6 Å². The minimum atomic E-state index is -0.512. The molecular weight excluding hydrogens is 303 g/mol. The summed E-state index contributed by atoms with van der Waals surface area (Å²) in [5.41, 5.74) is 0. The van der Waals surface area contributed by atoms with Crippen LogP contribution in [-0.4, -0.2) is 23.7 Å². The number of carbonyl (C=O) groups excluding carboxylic acids is 2. The first-order valence-corrected chi connectivity index (χ1v) is 7.47. The van der Waals surface area contributed by atoms with E-state index in [-0.39, 0.29) is 16.8 Å². The van der Waals surface area contributed by atoms with Gasteiger partial charge in [-0.05, 0) is 31.5 Å². The van der Waals surface area contributed by atoms with Crippen LogP contribution in [0.4, 0.5) is 9.18 Å². The van der Waals surface area contributed by atoms with Gasteiger partial charge in [-0.1, -0.05) is 18.5 Å². The number of nitrogens with one attached hydrogen (secondary N) is 2. The number of amides is 3. The van der Waals surface area contributed by atoms with Crippen molar-refractivity contribution in [2.24, 2.45) is 0 Å². The van der Waals surface area contributed by atoms with E-state index in [1.807, 2.05) is 13.8 Å². The molecule has 7 heteroatoms. The quantitative estimate of drug-likeness (QED) is 0.820. The number of hydrogen-bond acceptors (Lipinski definition) is 3. The monoisotopic (exact) mass is 318 g/mol. The Morgan fingerprint density at radius 1 is 1.45 bits per heavy atom. The first kappa shape index (κ1) is 16.8. The van der Waals surface area contributed by atoms with Crippen LogP contribution in [-0.2, 0) is 4.79 Å². The third-order valence-electron chi connectivity index (χ3n) is 2.50. The molecule has 0 spiro atoms. The van der Waals surface area contributed by atoms with Gasteiger partial charge < -0.3 is 5.32 Å². The first-order chi connectivity index (χ1) is 9.42. The molecule has 20 heavy (non-hydrogen) atoms. The first-order valence-electron chi connectivity index (χ1n) is 6.10. The molecule has 110 valence electrons. The van der Waals surface area contributed by atoms with Crippen molar-refractivity contribution < 1.29 is 14.0 Å². The smallest absolute Gasteiger partial charge is 0.321 e. The zero-order valence-electron chi connectivity index (χ0n) is 11.2. The Hall–Kier alpha value is -1.27. The van der Waals surface area contributed by atoms with Gasteiger partial charge in [0.05, 0.1) is 10.8 Å². The summed E-state index contributed by atoms with van der Waals surface area (Å²) in [7, 11) is 0. The molecule has 0 saturated carbocycles. The van der Waals surface area contributed by atoms with Gasteiger partial charge in [-0.2, -0.15) is 0 Å². The number of thioether (sulfide) groups is 1. The molecular formula is C13H16ClFN2O2S. The molecule has 0 unspecified atom stereocenters. The van der Waals surface area contributed by atoms with Crippen LogP contribution in [0, 0.1) is 5.82 Å². The minimum Gasteiger partial charge on any atom is -0.335 e. The summed E-state index contributed by atoms with van der Waals surface area (Å²) < 4.78 is 13.0. The summed E-state index contributed by atoms with van der Waals surface area (Å²) >= 11 is 6.81. The second-order valence-corrected chi connectivity index (χ2v) is 5.65. The SMILES string of the molecule is CC[C@H](C)NC(=O)NC(=O)CSc1ccc(F)c(Cl)c1. The molecule has 0 bridgehead atoms. The standard InChI is InChI=1S/C13H16ClFN2O2S/c1-3-8(2)16-13(19)17-12(18)7-20-9-4-5-11(15)10(14)6-9/h4-6,8H,3,7H2,1-2H3,(H2,16,17,18,19)/t8-/m0/s1. The number of carbonyl (C=O) groups is 2. The van der Waals surface area contributed by atoms with Crippen LogP contribution in [0.15, 0.2) is 23.1 Å². The molecule has 4 nitrogen and oxygen atoms in total. The minimum absolute atomic E-state index is 0.00456. The Morgan fingerprint density at radius 3 is 2.75 bits per heavy atom. The number of hydrogen-bond donors (Lipinski definition) is 2. The van der Waals surface area contributed by atoms with Crippen molar-refractivity contribution in [3.05, 3.63) is 29.0 Å². The van der Waals surface area contributed by atoms with E-state index in [2.05, 4.69) is 10.6 Å². The Morgan fingerprint density at radius 2 is 2.15 bits per heavy atom. The molecule has 0 aliphatic heterocycles. The lowest BCUT2D eigenvalue weighted by molar-refractivity contribution is -0.117. The van der Waals surface area contributed by atoms with Crippen LogP contribution in [0.2, 0.25) is 5.02 Å². The second kappa shape index (κ2) is 8.11. The van der Waals surface area contributed by atoms with Gasteiger partial charge in [-0.15, -0.1) is 11.8 Å². The molecule has 0 aliphatic carbocycles. The van der Waals surface area contributed by atoms with Crippen molar-refractivity contribution in [1.82, 2.24) is 10.6 Å². The maximum absolute atomic E-state index is 13.0. The summed E-state index contributed by atoms with van der Waals surface area (Å²) in [4.78, 5) is 23.6. The zero-order valence-corrected chi connectivity index (χ0v) is 12.8. The van der Waals surface area contributed by atoms with E-state index < -0.39 is 17.8 Å². The second-order valence-electron chi connectivity index (χ2n) is 4.20. The maximum atomic E-state index is 13.0. The van der Waals surface area contributed by atoms with E-state index in [1.165, 1.54) is 30.0 Å². The highest BCUT2D eigenvalue weighted by atomic mass is 35.5. The van der Waals surface area contributed by atoms with Gasteiger partial charge in [0.2, 0.25) is 5.91 Å². The normalized spacial score (nSPS) is 11.8. The lowest BCUT2D eigenvalue weighted by atomic mass is 10.3. The van der Waals surface area contributed by atoms with Gasteiger partial charge in [0.15, 0.2) is 0 Å². The highest BCUT2D eigenvalue weighted by Gasteiger charge is 2.10.